The number of nitrogens with one attached hydrogen (secondary N) is 1. The van der Waals surface area contributed by atoms with Crippen LogP contribution in [0.25, 0.3) is 0 Å². The second-order valence-electron chi connectivity index (χ2n) is 7.13. The molecule has 1 N–H and O–H groups in total. The van der Waals surface area contributed by atoms with Gasteiger partial charge in [0.25, 0.3) is 0 Å². The van der Waals surface area contributed by atoms with E-state index >= 15 is 0 Å². The first-order valence-corrected chi connectivity index (χ1v) is 10.9. The minimum Gasteiger partial charge on any atom is -0.490 e. The van der Waals surface area contributed by atoms with Crippen molar-refractivity contribution in [2.45, 2.75) is 26.9 Å². The van der Waals surface area contributed by atoms with Crippen LogP contribution in [-0.2, 0) is 17.8 Å². The van der Waals surface area contributed by atoms with E-state index in [2.05, 4.69) is 26.5 Å². The largest absolute Gasteiger partial charge is 0.490 e. The summed E-state index contributed by atoms with van der Waals surface area (Å²) in [6.45, 7) is 4.82. The van der Waals surface area contributed by atoms with Crippen molar-refractivity contribution in [1.82, 2.24) is 5.43 Å². The Labute approximate surface area is 195 Å². The van der Waals surface area contributed by atoms with Gasteiger partial charge in [-0.15, -0.1) is 0 Å². The van der Waals surface area contributed by atoms with E-state index in [1.807, 2.05) is 44.2 Å². The first-order chi connectivity index (χ1) is 15.4. The zero-order chi connectivity index (χ0) is 22.9. The maximum Gasteiger partial charge on any atom is 0.244 e. The van der Waals surface area contributed by atoms with Crippen molar-refractivity contribution in [3.63, 3.8) is 0 Å². The molecule has 5 nitrogen and oxygen atoms in total. The van der Waals surface area contributed by atoms with Gasteiger partial charge >= 0.3 is 0 Å². The zero-order valence-electron chi connectivity index (χ0n) is 17.9. The number of rotatable bonds is 9. The summed E-state index contributed by atoms with van der Waals surface area (Å²) >= 11 is 3.54. The van der Waals surface area contributed by atoms with Crippen LogP contribution in [0, 0.1) is 12.7 Å². The van der Waals surface area contributed by atoms with E-state index in [-0.39, 0.29) is 18.1 Å². The van der Waals surface area contributed by atoms with Crippen molar-refractivity contribution < 1.29 is 18.7 Å². The molecule has 0 aromatic heterocycles. The van der Waals surface area contributed by atoms with Gasteiger partial charge in [0.1, 0.15) is 12.4 Å². The Morgan fingerprint density at radius 2 is 1.75 bits per heavy atom. The summed E-state index contributed by atoms with van der Waals surface area (Å²) in [7, 11) is 0. The highest BCUT2D eigenvalue weighted by Crippen LogP contribution is 2.37. The summed E-state index contributed by atoms with van der Waals surface area (Å²) in [5, 5.41) is 4.01. The van der Waals surface area contributed by atoms with Crippen molar-refractivity contribution >= 4 is 28.1 Å². The number of amides is 1. The molecular weight excluding hydrogens is 475 g/mol. The van der Waals surface area contributed by atoms with Gasteiger partial charge in [0.15, 0.2) is 11.5 Å². The molecule has 1 amide bonds. The number of carbonyl (C=O) groups is 1. The van der Waals surface area contributed by atoms with Gasteiger partial charge in [0.2, 0.25) is 5.91 Å². The molecule has 0 saturated carbocycles. The molecule has 3 aromatic carbocycles. The molecule has 0 radical (unpaired) electrons. The number of nitrogens with zero attached hydrogens (tertiary/aromatic N) is 1. The third-order valence-corrected chi connectivity index (χ3v) is 5.11. The number of benzene rings is 3. The monoisotopic (exact) mass is 498 g/mol. The van der Waals surface area contributed by atoms with Gasteiger partial charge in [-0.2, -0.15) is 5.10 Å². The van der Waals surface area contributed by atoms with E-state index in [1.54, 1.807) is 18.2 Å². The summed E-state index contributed by atoms with van der Waals surface area (Å²) in [4.78, 5) is 12.0. The van der Waals surface area contributed by atoms with Gasteiger partial charge in [-0.3, -0.25) is 4.79 Å². The average molecular weight is 499 g/mol. The number of hydrazone groups is 1. The predicted octanol–water partition coefficient (Wildman–Crippen LogP) is 5.57. The van der Waals surface area contributed by atoms with Crippen LogP contribution in [0.2, 0.25) is 0 Å². The topological polar surface area (TPSA) is 59.9 Å². The maximum absolute atomic E-state index is 13.0. The minimum atomic E-state index is -0.339. The van der Waals surface area contributed by atoms with Crippen LogP contribution < -0.4 is 14.9 Å². The molecule has 3 rings (SSSR count). The third kappa shape index (κ3) is 6.92. The molecule has 0 atom stereocenters. The minimum absolute atomic E-state index is 0.108. The molecule has 0 fully saturated rings. The fraction of sp³-hybridized carbons (Fsp3) is 0.200. The van der Waals surface area contributed by atoms with Crippen LogP contribution in [0.15, 0.2) is 70.2 Å². The Bertz CT molecular complexity index is 1080. The molecular formula is C25H24BrFN2O3. The van der Waals surface area contributed by atoms with Gasteiger partial charge in [-0.1, -0.05) is 42.0 Å². The highest BCUT2D eigenvalue weighted by molar-refractivity contribution is 9.10. The highest BCUT2D eigenvalue weighted by Gasteiger charge is 2.12. The summed E-state index contributed by atoms with van der Waals surface area (Å²) in [5.74, 6) is 0.544. The van der Waals surface area contributed by atoms with Crippen LogP contribution in [-0.4, -0.2) is 18.7 Å². The van der Waals surface area contributed by atoms with Crippen molar-refractivity contribution in [3.8, 4) is 11.5 Å². The summed E-state index contributed by atoms with van der Waals surface area (Å²) in [6, 6.07) is 17.6. The lowest BCUT2D eigenvalue weighted by Gasteiger charge is -2.15. The normalized spacial score (nSPS) is 10.9. The molecule has 0 saturated heterocycles. The van der Waals surface area contributed by atoms with Gasteiger partial charge in [0, 0.05) is 0 Å². The molecule has 32 heavy (non-hydrogen) atoms. The van der Waals surface area contributed by atoms with E-state index in [4.69, 9.17) is 9.47 Å². The Morgan fingerprint density at radius 3 is 2.44 bits per heavy atom. The number of halogens is 2. The Kier molecular flexibility index (Phi) is 8.39. The molecule has 3 aromatic rings. The van der Waals surface area contributed by atoms with Crippen LogP contribution in [0.4, 0.5) is 4.39 Å². The number of hydrogen-bond donors (Lipinski definition) is 1. The Balaban J connectivity index is 1.65. The first-order valence-electron chi connectivity index (χ1n) is 10.2. The van der Waals surface area contributed by atoms with Gasteiger partial charge < -0.3 is 9.47 Å². The van der Waals surface area contributed by atoms with E-state index in [9.17, 15) is 9.18 Å². The molecule has 166 valence electrons. The molecule has 0 heterocycles. The maximum atomic E-state index is 13.0. The van der Waals surface area contributed by atoms with Crippen LogP contribution in [0.5, 0.6) is 11.5 Å². The molecule has 0 aliphatic heterocycles. The quantitative estimate of drug-likeness (QED) is 0.310. The third-order valence-electron chi connectivity index (χ3n) is 4.52. The summed E-state index contributed by atoms with van der Waals surface area (Å²) in [5.41, 5.74) is 6.16. The van der Waals surface area contributed by atoms with Crippen molar-refractivity contribution in [2.75, 3.05) is 6.61 Å². The molecule has 0 aliphatic carbocycles. The van der Waals surface area contributed by atoms with Crippen molar-refractivity contribution in [2.24, 2.45) is 5.10 Å². The second kappa shape index (κ2) is 11.4. The number of hydrogen-bond acceptors (Lipinski definition) is 4. The van der Waals surface area contributed by atoms with E-state index in [1.165, 1.54) is 23.9 Å². The summed E-state index contributed by atoms with van der Waals surface area (Å²) in [6.07, 6.45) is 1.64. The Morgan fingerprint density at radius 1 is 1.06 bits per heavy atom. The predicted molar refractivity (Wildman–Crippen MR) is 127 cm³/mol. The smallest absolute Gasteiger partial charge is 0.244 e. The lowest BCUT2D eigenvalue weighted by atomic mass is 10.1. The van der Waals surface area contributed by atoms with Gasteiger partial charge in [-0.05, 0) is 70.7 Å². The SMILES string of the molecule is CCOc1cc(/C=N/NC(=O)Cc2ccc(F)cc2)cc(Br)c1OCc1ccc(C)cc1. The standard InChI is InChI=1S/C25H24BrFN2O3/c1-3-31-23-13-20(15-28-29-24(30)14-18-8-10-21(27)11-9-18)12-22(26)25(23)32-16-19-6-4-17(2)5-7-19/h4-13,15H,3,14,16H2,1-2H3,(H,29,30)/b28-15+. The molecule has 0 spiro atoms. The fourth-order valence-electron chi connectivity index (χ4n) is 2.91. The van der Waals surface area contributed by atoms with E-state index in [0.29, 0.717) is 30.3 Å². The average Bonchev–Trinajstić information content (AvgIpc) is 2.76. The summed E-state index contributed by atoms with van der Waals surface area (Å²) < 4.78 is 25.4. The van der Waals surface area contributed by atoms with Gasteiger partial charge in [0.05, 0.1) is 23.7 Å². The zero-order valence-corrected chi connectivity index (χ0v) is 19.5. The van der Waals surface area contributed by atoms with Crippen molar-refractivity contribution in [3.05, 3.63) is 93.2 Å². The number of ether oxygens (including phenoxy) is 2. The van der Waals surface area contributed by atoms with Crippen LogP contribution >= 0.6 is 15.9 Å². The van der Waals surface area contributed by atoms with E-state index < -0.39 is 0 Å². The second-order valence-corrected chi connectivity index (χ2v) is 7.99. The molecule has 0 unspecified atom stereocenters. The van der Waals surface area contributed by atoms with Crippen molar-refractivity contribution in [1.29, 1.82) is 0 Å². The van der Waals surface area contributed by atoms with Gasteiger partial charge in [-0.25, -0.2) is 9.82 Å². The van der Waals surface area contributed by atoms with Crippen LogP contribution in [0.1, 0.15) is 29.2 Å². The van der Waals surface area contributed by atoms with E-state index in [0.717, 1.165) is 15.6 Å². The lowest BCUT2D eigenvalue weighted by molar-refractivity contribution is -0.120. The lowest BCUT2D eigenvalue weighted by Crippen LogP contribution is -2.19. The first kappa shape index (κ1) is 23.5. The molecule has 7 heteroatoms. The van der Waals surface area contributed by atoms with Crippen LogP contribution in [0.3, 0.4) is 0 Å². The number of aryl methyl sites for hydroxylation is 1. The fourth-order valence-corrected chi connectivity index (χ4v) is 3.49. The molecule has 0 aliphatic rings. The highest BCUT2D eigenvalue weighted by atomic mass is 79.9. The number of carbonyl (C=O) groups excluding carboxylic acids is 1. The Hall–Kier alpha value is -3.19. The molecule has 0 bridgehead atoms.